The summed E-state index contributed by atoms with van der Waals surface area (Å²) in [5.74, 6) is 0.536. The molecule has 0 aromatic heterocycles. The molecule has 0 spiro atoms. The number of nitrogens with zero attached hydrogens (tertiary/aromatic N) is 1. The first-order chi connectivity index (χ1) is 13.2. The first-order valence-corrected chi connectivity index (χ1v) is 13.9. The molecule has 0 aliphatic rings. The summed E-state index contributed by atoms with van der Waals surface area (Å²) in [6.45, 7) is 20.7. The van der Waals surface area contributed by atoms with Crippen LogP contribution in [0.5, 0.6) is 5.75 Å². The maximum Gasteiger partial charge on any atom is 0.287 e. The van der Waals surface area contributed by atoms with Crippen molar-refractivity contribution in [1.82, 2.24) is 0 Å². The number of nitro groups is 1. The van der Waals surface area contributed by atoms with E-state index in [2.05, 4.69) is 78.2 Å². The fraction of sp³-hybridized carbons (Fsp3) is 0.714. The van der Waals surface area contributed by atoms with Crippen LogP contribution >= 0.6 is 27.7 Å². The van der Waals surface area contributed by atoms with E-state index in [1.807, 2.05) is 0 Å². The quantitative estimate of drug-likeness (QED) is 0.106. The van der Waals surface area contributed by atoms with Gasteiger partial charge in [0.05, 0.1) is 27.0 Å². The zero-order valence-corrected chi connectivity index (χ0v) is 22.6. The molecule has 0 saturated heterocycles. The van der Waals surface area contributed by atoms with Crippen LogP contribution < -0.4 is 4.74 Å². The van der Waals surface area contributed by atoms with Crippen molar-refractivity contribution in [2.45, 2.75) is 88.6 Å². The second-order valence-corrected chi connectivity index (χ2v) is 17.4. The third-order valence-corrected chi connectivity index (χ3v) is 12.9. The monoisotopic (exact) mass is 505 g/mol. The zero-order chi connectivity index (χ0) is 22.6. The smallest absolute Gasteiger partial charge is 0.287 e. The highest BCUT2D eigenvalue weighted by Gasteiger charge is 2.44. The highest BCUT2D eigenvalue weighted by atomic mass is 79.9. The van der Waals surface area contributed by atoms with Gasteiger partial charge in [0.15, 0.2) is 8.32 Å². The van der Waals surface area contributed by atoms with E-state index >= 15 is 0 Å². The number of hydrogen-bond donors (Lipinski definition) is 0. The molecule has 0 bridgehead atoms. The van der Waals surface area contributed by atoms with Gasteiger partial charge >= 0.3 is 0 Å². The van der Waals surface area contributed by atoms with Crippen LogP contribution in [0.1, 0.15) is 62.3 Å². The van der Waals surface area contributed by atoms with E-state index in [9.17, 15) is 10.1 Å². The normalized spacial score (nSPS) is 12.9. The Morgan fingerprint density at radius 3 is 2.00 bits per heavy atom. The van der Waals surface area contributed by atoms with E-state index < -0.39 is 13.2 Å². The molecule has 29 heavy (non-hydrogen) atoms. The lowest BCUT2D eigenvalue weighted by Crippen LogP contribution is -2.48. The van der Waals surface area contributed by atoms with Crippen LogP contribution in [0.2, 0.25) is 16.6 Å². The maximum atomic E-state index is 11.4. The first kappa shape index (κ1) is 26.5. The number of ether oxygens (including phenoxy) is 1. The summed E-state index contributed by atoms with van der Waals surface area (Å²) in [5, 5.41) is 11.4. The first-order valence-electron chi connectivity index (χ1n) is 10.2. The van der Waals surface area contributed by atoms with E-state index in [-0.39, 0.29) is 10.4 Å². The molecular formula is C21H36BrNO4SSi. The van der Waals surface area contributed by atoms with Gasteiger partial charge in [-0.05, 0) is 38.6 Å². The Hall–Kier alpha value is -0.573. The minimum Gasteiger partial charge on any atom is -0.490 e. The van der Waals surface area contributed by atoms with Crippen molar-refractivity contribution in [1.29, 1.82) is 0 Å². The predicted molar refractivity (Wildman–Crippen MR) is 129 cm³/mol. The minimum atomic E-state index is -1.96. The Labute approximate surface area is 189 Å². The molecule has 0 aliphatic heterocycles. The molecule has 0 amide bonds. The fourth-order valence-electron chi connectivity index (χ4n) is 4.06. The molecule has 0 aliphatic carbocycles. The summed E-state index contributed by atoms with van der Waals surface area (Å²) in [6.07, 6.45) is 0. The molecule has 0 fully saturated rings. The van der Waals surface area contributed by atoms with Crippen LogP contribution in [-0.2, 0) is 4.43 Å². The molecule has 0 heterocycles. The van der Waals surface area contributed by atoms with Crippen LogP contribution in [0.3, 0.4) is 0 Å². The van der Waals surface area contributed by atoms with Gasteiger partial charge in [-0.2, -0.15) is 0 Å². The lowest BCUT2D eigenvalue weighted by Gasteiger charge is -2.42. The molecule has 0 atom stereocenters. The number of halogens is 1. The molecule has 166 valence electrons. The maximum absolute atomic E-state index is 11.4. The Bertz CT molecular complexity index is 683. The van der Waals surface area contributed by atoms with E-state index in [1.54, 1.807) is 17.8 Å². The largest absolute Gasteiger partial charge is 0.490 e. The number of nitro benzene ring substituents is 1. The van der Waals surface area contributed by atoms with Gasteiger partial charge in [-0.3, -0.25) is 10.1 Å². The molecule has 8 heteroatoms. The molecule has 1 aromatic carbocycles. The lowest BCUT2D eigenvalue weighted by molar-refractivity contribution is -0.385. The predicted octanol–water partition coefficient (Wildman–Crippen LogP) is 7.82. The van der Waals surface area contributed by atoms with E-state index in [1.165, 1.54) is 6.07 Å². The van der Waals surface area contributed by atoms with Crippen molar-refractivity contribution in [3.8, 4) is 5.75 Å². The van der Waals surface area contributed by atoms with Gasteiger partial charge in [-0.25, -0.2) is 0 Å². The third kappa shape index (κ3) is 6.97. The van der Waals surface area contributed by atoms with Crippen LogP contribution in [0.15, 0.2) is 21.5 Å². The third-order valence-electron chi connectivity index (χ3n) is 5.03. The standard InChI is InChI=1S/C21H36BrNO4SSi/c1-14(2)29(15(3)4,16(5)6)27-11-10-26-19-13-18(23(24)25)17(22)12-20(19)28-21(7,8)9/h12-16H,10-11H2,1-9H3. The van der Waals surface area contributed by atoms with Gasteiger partial charge in [0.2, 0.25) is 0 Å². The zero-order valence-electron chi connectivity index (χ0n) is 19.2. The van der Waals surface area contributed by atoms with Crippen LogP contribution in [0.4, 0.5) is 5.69 Å². The van der Waals surface area contributed by atoms with Gasteiger partial charge in [0.25, 0.3) is 5.69 Å². The topological polar surface area (TPSA) is 61.6 Å². The van der Waals surface area contributed by atoms with Crippen molar-refractivity contribution in [3.63, 3.8) is 0 Å². The average molecular weight is 507 g/mol. The minimum absolute atomic E-state index is 0.00874. The highest BCUT2D eigenvalue weighted by Crippen LogP contribution is 2.44. The van der Waals surface area contributed by atoms with Crippen molar-refractivity contribution in [2.24, 2.45) is 0 Å². The van der Waals surface area contributed by atoms with Crippen LogP contribution in [0.25, 0.3) is 0 Å². The van der Waals surface area contributed by atoms with Gasteiger partial charge < -0.3 is 9.16 Å². The number of benzene rings is 1. The fourth-order valence-corrected chi connectivity index (χ4v) is 11.2. The second-order valence-electron chi connectivity index (χ2n) is 9.24. The summed E-state index contributed by atoms with van der Waals surface area (Å²) >= 11 is 4.95. The molecule has 0 unspecified atom stereocenters. The summed E-state index contributed by atoms with van der Waals surface area (Å²) < 4.78 is 13.0. The van der Waals surface area contributed by atoms with Gasteiger partial charge in [0.1, 0.15) is 12.4 Å². The number of thioether (sulfide) groups is 1. The summed E-state index contributed by atoms with van der Waals surface area (Å²) in [7, 11) is -1.96. The van der Waals surface area contributed by atoms with E-state index in [4.69, 9.17) is 9.16 Å². The summed E-state index contributed by atoms with van der Waals surface area (Å²) in [4.78, 5) is 11.8. The highest BCUT2D eigenvalue weighted by molar-refractivity contribution is 9.10. The van der Waals surface area contributed by atoms with Crippen molar-refractivity contribution in [3.05, 3.63) is 26.7 Å². The molecule has 1 rings (SSSR count). The summed E-state index contributed by atoms with van der Waals surface area (Å²) in [6, 6.07) is 3.29. The average Bonchev–Trinajstić information content (AvgIpc) is 2.53. The Balaban J connectivity index is 3.02. The summed E-state index contributed by atoms with van der Waals surface area (Å²) in [5.41, 5.74) is 1.52. The van der Waals surface area contributed by atoms with Crippen molar-refractivity contribution < 1.29 is 14.1 Å². The molecular weight excluding hydrogens is 470 g/mol. The molecule has 0 saturated carbocycles. The SMILES string of the molecule is CC(C)[Si](OCCOc1cc([N+](=O)[O-])c(Br)cc1SC(C)(C)C)(C(C)C)C(C)C. The van der Waals surface area contributed by atoms with Gasteiger partial charge in [0, 0.05) is 4.75 Å². The molecule has 0 radical (unpaired) electrons. The Kier molecular flexibility index (Phi) is 9.71. The molecule has 5 nitrogen and oxygen atoms in total. The van der Waals surface area contributed by atoms with E-state index in [0.29, 0.717) is 40.1 Å². The van der Waals surface area contributed by atoms with Crippen molar-refractivity contribution >= 4 is 41.7 Å². The van der Waals surface area contributed by atoms with Gasteiger partial charge in [-0.1, -0.05) is 62.3 Å². The Morgan fingerprint density at radius 1 is 1.07 bits per heavy atom. The molecule has 1 aromatic rings. The van der Waals surface area contributed by atoms with Crippen LogP contribution in [0, 0.1) is 10.1 Å². The van der Waals surface area contributed by atoms with E-state index in [0.717, 1.165) is 4.90 Å². The molecule has 0 N–H and O–H groups in total. The van der Waals surface area contributed by atoms with Gasteiger partial charge in [-0.15, -0.1) is 11.8 Å². The lowest BCUT2D eigenvalue weighted by atomic mass is 10.3. The second kappa shape index (κ2) is 10.6. The number of hydrogen-bond acceptors (Lipinski definition) is 5. The Morgan fingerprint density at radius 2 is 1.59 bits per heavy atom. The van der Waals surface area contributed by atoms with Crippen molar-refractivity contribution in [2.75, 3.05) is 13.2 Å². The number of rotatable bonds is 10. The van der Waals surface area contributed by atoms with Crippen LogP contribution in [-0.4, -0.2) is 31.2 Å².